The van der Waals surface area contributed by atoms with Crippen molar-refractivity contribution in [2.75, 3.05) is 30.8 Å². The van der Waals surface area contributed by atoms with Gasteiger partial charge < -0.3 is 15.0 Å². The minimum Gasteiger partial charge on any atom is -0.492 e. The number of carbonyl (C=O) groups excluding carboxylic acids is 2. The Morgan fingerprint density at radius 1 is 1.12 bits per heavy atom. The van der Waals surface area contributed by atoms with Crippen LogP contribution in [0.5, 0.6) is 5.75 Å². The number of likely N-dealkylation sites (N-methyl/N-ethyl adjacent to an activating group) is 1. The number of hydrogen-bond acceptors (Lipinski definition) is 5. The van der Waals surface area contributed by atoms with Crippen LogP contribution in [-0.2, 0) is 26.2 Å². The topological polar surface area (TPSA) is 96.0 Å². The highest BCUT2D eigenvalue weighted by Crippen LogP contribution is 2.30. The van der Waals surface area contributed by atoms with Gasteiger partial charge in [-0.25, -0.2) is 8.42 Å². The molecule has 0 radical (unpaired) electrons. The van der Waals surface area contributed by atoms with Crippen molar-refractivity contribution in [3.8, 4) is 5.75 Å². The van der Waals surface area contributed by atoms with E-state index in [9.17, 15) is 18.0 Å². The summed E-state index contributed by atoms with van der Waals surface area (Å²) in [6, 6.07) is 10.5. The van der Waals surface area contributed by atoms with E-state index in [0.717, 1.165) is 10.6 Å². The van der Waals surface area contributed by atoms with Gasteiger partial charge in [-0.05, 0) is 43.7 Å². The summed E-state index contributed by atoms with van der Waals surface area (Å²) in [7, 11) is -2.40. The number of carbonyl (C=O) groups is 2. The lowest BCUT2D eigenvalue weighted by molar-refractivity contribution is -0.139. The Bertz CT molecular complexity index is 1110. The number of sulfonamides is 1. The minimum absolute atomic E-state index is 0.0228. The monoisotopic (exact) mass is 515 g/mol. The molecule has 1 atom stereocenters. The van der Waals surface area contributed by atoms with Gasteiger partial charge in [0.1, 0.15) is 18.3 Å². The van der Waals surface area contributed by atoms with Crippen LogP contribution in [0.4, 0.5) is 5.69 Å². The average Bonchev–Trinajstić information content (AvgIpc) is 2.77. The third-order valence-electron chi connectivity index (χ3n) is 4.86. The molecule has 0 aliphatic rings. The van der Waals surface area contributed by atoms with Crippen LogP contribution in [0.2, 0.25) is 10.0 Å². The lowest BCUT2D eigenvalue weighted by Gasteiger charge is -2.31. The maximum atomic E-state index is 13.4. The van der Waals surface area contributed by atoms with E-state index in [0.29, 0.717) is 28.0 Å². The maximum absolute atomic E-state index is 13.4. The Kier molecular flexibility index (Phi) is 9.39. The third-order valence-corrected chi connectivity index (χ3v) is 6.73. The highest BCUT2D eigenvalue weighted by Gasteiger charge is 2.30. The number of hydrogen-bond donors (Lipinski definition) is 1. The standard InChI is InChI=1S/C22H27Cl2N3O5S/c1-5-32-20-9-7-6-8-19(20)27(33(4,30)31)14-21(28)26(15(2)22(29)25-3)13-16-10-11-17(23)18(24)12-16/h6-12,15H,5,13-14H2,1-4H3,(H,25,29)/t15-/m1/s1. The molecule has 0 unspecified atom stereocenters. The van der Waals surface area contributed by atoms with E-state index in [-0.39, 0.29) is 12.2 Å². The van der Waals surface area contributed by atoms with Crippen molar-refractivity contribution < 1.29 is 22.7 Å². The van der Waals surface area contributed by atoms with Crippen LogP contribution in [0.25, 0.3) is 0 Å². The van der Waals surface area contributed by atoms with Crippen molar-refractivity contribution in [2.45, 2.75) is 26.4 Å². The normalized spacial score (nSPS) is 12.1. The molecule has 0 fully saturated rings. The first-order valence-corrected chi connectivity index (χ1v) is 12.7. The molecule has 2 aromatic rings. The fourth-order valence-corrected chi connectivity index (χ4v) is 4.34. The molecule has 2 amide bonds. The van der Waals surface area contributed by atoms with E-state index in [1.807, 2.05) is 0 Å². The van der Waals surface area contributed by atoms with Gasteiger partial charge >= 0.3 is 0 Å². The number of nitrogens with zero attached hydrogens (tertiary/aromatic N) is 2. The molecule has 0 aliphatic heterocycles. The number of nitrogens with one attached hydrogen (secondary N) is 1. The zero-order chi connectivity index (χ0) is 24.8. The lowest BCUT2D eigenvalue weighted by Crippen LogP contribution is -2.50. The largest absolute Gasteiger partial charge is 0.492 e. The van der Waals surface area contributed by atoms with Crippen molar-refractivity contribution in [1.29, 1.82) is 0 Å². The highest BCUT2D eigenvalue weighted by atomic mass is 35.5. The van der Waals surface area contributed by atoms with Gasteiger partial charge in [-0.3, -0.25) is 13.9 Å². The summed E-state index contributed by atoms with van der Waals surface area (Å²) in [5.74, 6) is -0.647. The van der Waals surface area contributed by atoms with E-state index in [1.165, 1.54) is 11.9 Å². The Labute approximate surface area is 204 Å². The number of para-hydroxylation sites is 2. The first kappa shape index (κ1) is 26.8. The van der Waals surface area contributed by atoms with E-state index in [2.05, 4.69) is 5.32 Å². The first-order chi connectivity index (χ1) is 15.5. The summed E-state index contributed by atoms with van der Waals surface area (Å²) in [5, 5.41) is 3.17. The van der Waals surface area contributed by atoms with Crippen LogP contribution >= 0.6 is 23.2 Å². The fraction of sp³-hybridized carbons (Fsp3) is 0.364. The lowest BCUT2D eigenvalue weighted by atomic mass is 10.1. The molecule has 2 rings (SSSR count). The summed E-state index contributed by atoms with van der Waals surface area (Å²) < 4.78 is 31.8. The summed E-state index contributed by atoms with van der Waals surface area (Å²) >= 11 is 12.1. The van der Waals surface area contributed by atoms with Crippen molar-refractivity contribution in [2.24, 2.45) is 0 Å². The van der Waals surface area contributed by atoms with Crippen molar-refractivity contribution in [3.05, 3.63) is 58.1 Å². The van der Waals surface area contributed by atoms with Crippen LogP contribution in [0.1, 0.15) is 19.4 Å². The van der Waals surface area contributed by atoms with Gasteiger partial charge in [0, 0.05) is 13.6 Å². The molecule has 33 heavy (non-hydrogen) atoms. The summed E-state index contributed by atoms with van der Waals surface area (Å²) in [6.07, 6.45) is 1.01. The Morgan fingerprint density at radius 3 is 2.36 bits per heavy atom. The van der Waals surface area contributed by atoms with Crippen LogP contribution in [0, 0.1) is 0 Å². The molecule has 1 N–H and O–H groups in total. The Balaban J connectivity index is 2.44. The predicted molar refractivity (Wildman–Crippen MR) is 130 cm³/mol. The van der Waals surface area contributed by atoms with Gasteiger partial charge in [0.25, 0.3) is 0 Å². The second kappa shape index (κ2) is 11.6. The first-order valence-electron chi connectivity index (χ1n) is 10.1. The molecule has 0 heterocycles. The van der Waals surface area contributed by atoms with Gasteiger partial charge in [-0.15, -0.1) is 0 Å². The Morgan fingerprint density at radius 2 is 1.79 bits per heavy atom. The minimum atomic E-state index is -3.86. The number of amides is 2. The molecule has 2 aromatic carbocycles. The molecule has 11 heteroatoms. The van der Waals surface area contributed by atoms with Gasteiger partial charge in [-0.2, -0.15) is 0 Å². The maximum Gasteiger partial charge on any atom is 0.244 e. The van der Waals surface area contributed by atoms with Crippen molar-refractivity contribution >= 4 is 50.7 Å². The van der Waals surface area contributed by atoms with E-state index in [1.54, 1.807) is 56.3 Å². The number of halogens is 2. The molecule has 0 spiro atoms. The molecular weight excluding hydrogens is 489 g/mol. The van der Waals surface area contributed by atoms with Crippen LogP contribution in [-0.4, -0.2) is 57.6 Å². The van der Waals surface area contributed by atoms with Gasteiger partial charge in [0.05, 0.1) is 28.6 Å². The summed E-state index contributed by atoms with van der Waals surface area (Å²) in [4.78, 5) is 27.0. The molecule has 0 aliphatic carbocycles. The quantitative estimate of drug-likeness (QED) is 0.523. The van der Waals surface area contributed by atoms with Crippen LogP contribution < -0.4 is 14.4 Å². The summed E-state index contributed by atoms with van der Waals surface area (Å²) in [5.41, 5.74) is 0.867. The third kappa shape index (κ3) is 6.99. The summed E-state index contributed by atoms with van der Waals surface area (Å²) in [6.45, 7) is 3.16. The average molecular weight is 516 g/mol. The number of benzene rings is 2. The van der Waals surface area contributed by atoms with Crippen LogP contribution in [0.3, 0.4) is 0 Å². The number of ether oxygens (including phenoxy) is 1. The smallest absolute Gasteiger partial charge is 0.244 e. The molecule has 0 aromatic heterocycles. The predicted octanol–water partition coefficient (Wildman–Crippen LogP) is 3.32. The second-order valence-corrected chi connectivity index (χ2v) is 9.95. The van der Waals surface area contributed by atoms with Crippen molar-refractivity contribution in [1.82, 2.24) is 10.2 Å². The Hall–Kier alpha value is -2.49. The number of anilines is 1. The SMILES string of the molecule is CCOc1ccccc1N(CC(=O)N(Cc1ccc(Cl)c(Cl)c1)[C@H](C)C(=O)NC)S(C)(=O)=O. The fourth-order valence-electron chi connectivity index (χ4n) is 3.16. The molecule has 180 valence electrons. The van der Waals surface area contributed by atoms with Crippen molar-refractivity contribution in [3.63, 3.8) is 0 Å². The van der Waals surface area contributed by atoms with Gasteiger partial charge in [0.15, 0.2) is 0 Å². The number of rotatable bonds is 10. The second-order valence-electron chi connectivity index (χ2n) is 7.23. The van der Waals surface area contributed by atoms with E-state index >= 15 is 0 Å². The van der Waals surface area contributed by atoms with E-state index < -0.39 is 34.4 Å². The molecule has 8 nitrogen and oxygen atoms in total. The zero-order valence-corrected chi connectivity index (χ0v) is 21.2. The van der Waals surface area contributed by atoms with E-state index in [4.69, 9.17) is 27.9 Å². The molecular formula is C22H27Cl2N3O5S. The van der Waals surface area contributed by atoms with Gasteiger partial charge in [0.2, 0.25) is 21.8 Å². The van der Waals surface area contributed by atoms with Gasteiger partial charge in [-0.1, -0.05) is 41.4 Å². The zero-order valence-electron chi connectivity index (χ0n) is 18.8. The molecule has 0 saturated carbocycles. The molecule has 0 saturated heterocycles. The molecule has 0 bridgehead atoms. The van der Waals surface area contributed by atoms with Crippen LogP contribution in [0.15, 0.2) is 42.5 Å². The highest BCUT2D eigenvalue weighted by molar-refractivity contribution is 7.92.